The summed E-state index contributed by atoms with van der Waals surface area (Å²) < 4.78 is 27.1. The van der Waals surface area contributed by atoms with Gasteiger partial charge in [-0.1, -0.05) is 0 Å². The second kappa shape index (κ2) is 8.84. The van der Waals surface area contributed by atoms with E-state index in [-0.39, 0.29) is 5.91 Å². The lowest BCUT2D eigenvalue weighted by Gasteiger charge is -2.15. The number of benzene rings is 2. The highest BCUT2D eigenvalue weighted by molar-refractivity contribution is 14.1. The zero-order chi connectivity index (χ0) is 19.3. The van der Waals surface area contributed by atoms with Crippen molar-refractivity contribution in [3.8, 4) is 28.7 Å². The Bertz CT molecular complexity index is 784. The van der Waals surface area contributed by atoms with Gasteiger partial charge < -0.3 is 29.0 Å². The number of carbonyl (C=O) groups excluding carboxylic acids is 1. The molecular formula is C18H20INO6. The molecule has 26 heavy (non-hydrogen) atoms. The third kappa shape index (κ3) is 4.06. The molecule has 140 valence electrons. The van der Waals surface area contributed by atoms with Crippen LogP contribution in [0.4, 0.5) is 5.69 Å². The van der Waals surface area contributed by atoms with Gasteiger partial charge in [-0.3, -0.25) is 4.79 Å². The minimum atomic E-state index is -0.301. The van der Waals surface area contributed by atoms with Gasteiger partial charge in [0.2, 0.25) is 5.75 Å². The summed E-state index contributed by atoms with van der Waals surface area (Å²) in [5.74, 6) is 2.08. The zero-order valence-electron chi connectivity index (χ0n) is 15.1. The topological polar surface area (TPSA) is 75.3 Å². The Balaban J connectivity index is 2.38. The van der Waals surface area contributed by atoms with Crippen molar-refractivity contribution in [3.63, 3.8) is 0 Å². The number of methoxy groups -OCH3 is 5. The number of hydrogen-bond acceptors (Lipinski definition) is 6. The van der Waals surface area contributed by atoms with E-state index in [1.807, 2.05) is 0 Å². The van der Waals surface area contributed by atoms with Gasteiger partial charge in [0.1, 0.15) is 0 Å². The molecule has 1 N–H and O–H groups in total. The fraction of sp³-hybridized carbons (Fsp3) is 0.278. The van der Waals surface area contributed by atoms with E-state index in [1.54, 1.807) is 31.4 Å². The number of hydrogen-bond donors (Lipinski definition) is 1. The summed E-state index contributed by atoms with van der Waals surface area (Å²) >= 11 is 2.07. The van der Waals surface area contributed by atoms with Crippen LogP contribution in [0, 0.1) is 3.57 Å². The number of halogens is 1. The molecule has 0 heterocycles. The van der Waals surface area contributed by atoms with Crippen LogP contribution in [0.15, 0.2) is 24.3 Å². The largest absolute Gasteiger partial charge is 0.493 e. The molecule has 0 aliphatic heterocycles. The van der Waals surface area contributed by atoms with E-state index in [2.05, 4.69) is 27.9 Å². The standard InChI is InChI=1S/C18H20INO6/c1-22-13-8-11(12(19)9-14(13)23-2)18(21)20-10-6-15(24-3)17(26-5)16(7-10)25-4/h6-9H,1-5H3,(H,20,21). The summed E-state index contributed by atoms with van der Waals surface area (Å²) in [4.78, 5) is 12.7. The van der Waals surface area contributed by atoms with Gasteiger partial charge in [0.25, 0.3) is 5.91 Å². The van der Waals surface area contributed by atoms with Crippen LogP contribution in [0.2, 0.25) is 0 Å². The SMILES string of the molecule is COc1cc(I)c(C(=O)Nc2cc(OC)c(OC)c(OC)c2)cc1OC. The van der Waals surface area contributed by atoms with Gasteiger partial charge in [-0.15, -0.1) is 0 Å². The molecule has 0 aliphatic rings. The fourth-order valence-corrected chi connectivity index (χ4v) is 3.06. The average Bonchev–Trinajstić information content (AvgIpc) is 2.66. The van der Waals surface area contributed by atoms with E-state index < -0.39 is 0 Å². The van der Waals surface area contributed by atoms with Gasteiger partial charge in [0.15, 0.2) is 23.0 Å². The second-order valence-electron chi connectivity index (χ2n) is 5.06. The number of amides is 1. The van der Waals surface area contributed by atoms with Crippen LogP contribution in [0.5, 0.6) is 28.7 Å². The van der Waals surface area contributed by atoms with E-state index in [9.17, 15) is 4.79 Å². The monoisotopic (exact) mass is 473 g/mol. The first-order valence-electron chi connectivity index (χ1n) is 7.51. The molecular weight excluding hydrogens is 453 g/mol. The molecule has 0 saturated carbocycles. The molecule has 0 radical (unpaired) electrons. The maximum atomic E-state index is 12.7. The lowest BCUT2D eigenvalue weighted by Crippen LogP contribution is -2.14. The lowest BCUT2D eigenvalue weighted by atomic mass is 10.1. The summed E-state index contributed by atoms with van der Waals surface area (Å²) in [5.41, 5.74) is 0.965. The van der Waals surface area contributed by atoms with Crippen molar-refractivity contribution in [2.75, 3.05) is 40.9 Å². The molecule has 0 aliphatic carbocycles. The van der Waals surface area contributed by atoms with Crippen LogP contribution < -0.4 is 29.0 Å². The van der Waals surface area contributed by atoms with E-state index in [4.69, 9.17) is 23.7 Å². The number of ether oxygens (including phenoxy) is 5. The molecule has 1 amide bonds. The molecule has 2 aromatic rings. The molecule has 0 bridgehead atoms. The molecule has 0 saturated heterocycles. The van der Waals surface area contributed by atoms with Crippen LogP contribution in [0.1, 0.15) is 10.4 Å². The molecule has 8 heteroatoms. The van der Waals surface area contributed by atoms with Gasteiger partial charge >= 0.3 is 0 Å². The average molecular weight is 473 g/mol. The molecule has 0 spiro atoms. The molecule has 2 rings (SSSR count). The molecule has 0 unspecified atom stereocenters. The number of carbonyl (C=O) groups is 1. The van der Waals surface area contributed by atoms with E-state index >= 15 is 0 Å². The predicted molar refractivity (Wildman–Crippen MR) is 106 cm³/mol. The van der Waals surface area contributed by atoms with Crippen molar-refractivity contribution < 1.29 is 28.5 Å². The van der Waals surface area contributed by atoms with E-state index in [0.717, 1.165) is 3.57 Å². The first-order valence-corrected chi connectivity index (χ1v) is 8.59. The Morgan fingerprint density at radius 2 is 1.27 bits per heavy atom. The van der Waals surface area contributed by atoms with Crippen molar-refractivity contribution in [1.82, 2.24) is 0 Å². The quantitative estimate of drug-likeness (QED) is 0.620. The van der Waals surface area contributed by atoms with Crippen molar-refractivity contribution in [2.24, 2.45) is 0 Å². The summed E-state index contributed by atoms with van der Waals surface area (Å²) in [7, 11) is 7.61. The summed E-state index contributed by atoms with van der Waals surface area (Å²) in [6, 6.07) is 6.69. The van der Waals surface area contributed by atoms with Crippen LogP contribution in [0.3, 0.4) is 0 Å². The lowest BCUT2D eigenvalue weighted by molar-refractivity contribution is 0.102. The summed E-state index contributed by atoms with van der Waals surface area (Å²) in [6.45, 7) is 0. The summed E-state index contributed by atoms with van der Waals surface area (Å²) in [6.07, 6.45) is 0. The summed E-state index contributed by atoms with van der Waals surface area (Å²) in [5, 5.41) is 2.83. The van der Waals surface area contributed by atoms with Gasteiger partial charge in [0.05, 0.1) is 41.1 Å². The minimum absolute atomic E-state index is 0.301. The van der Waals surface area contributed by atoms with Gasteiger partial charge in [-0.25, -0.2) is 0 Å². The Morgan fingerprint density at radius 1 is 0.769 bits per heavy atom. The van der Waals surface area contributed by atoms with E-state index in [0.29, 0.717) is 40.0 Å². The van der Waals surface area contributed by atoms with Crippen LogP contribution >= 0.6 is 22.6 Å². The van der Waals surface area contributed by atoms with Crippen molar-refractivity contribution in [3.05, 3.63) is 33.4 Å². The Labute approximate surface area is 165 Å². The van der Waals surface area contributed by atoms with E-state index in [1.165, 1.54) is 28.4 Å². The van der Waals surface area contributed by atoms with Crippen LogP contribution in [-0.4, -0.2) is 41.5 Å². The minimum Gasteiger partial charge on any atom is -0.493 e. The van der Waals surface area contributed by atoms with Crippen molar-refractivity contribution in [2.45, 2.75) is 0 Å². The number of rotatable bonds is 7. The Kier molecular flexibility index (Phi) is 6.78. The van der Waals surface area contributed by atoms with Crippen molar-refractivity contribution >= 4 is 34.2 Å². The smallest absolute Gasteiger partial charge is 0.256 e. The second-order valence-corrected chi connectivity index (χ2v) is 6.22. The molecule has 0 fully saturated rings. The highest BCUT2D eigenvalue weighted by atomic mass is 127. The Morgan fingerprint density at radius 3 is 1.73 bits per heavy atom. The highest BCUT2D eigenvalue weighted by Crippen LogP contribution is 2.40. The number of anilines is 1. The zero-order valence-corrected chi connectivity index (χ0v) is 17.3. The Hall–Kier alpha value is -2.36. The third-order valence-corrected chi connectivity index (χ3v) is 4.53. The van der Waals surface area contributed by atoms with Crippen molar-refractivity contribution in [1.29, 1.82) is 0 Å². The van der Waals surface area contributed by atoms with Crippen LogP contribution in [0.25, 0.3) is 0 Å². The predicted octanol–water partition coefficient (Wildman–Crippen LogP) is 3.59. The van der Waals surface area contributed by atoms with Gasteiger partial charge in [0, 0.05) is 21.4 Å². The maximum absolute atomic E-state index is 12.7. The molecule has 2 aromatic carbocycles. The normalized spacial score (nSPS) is 10.1. The molecule has 0 atom stereocenters. The maximum Gasteiger partial charge on any atom is 0.256 e. The number of nitrogens with one attached hydrogen (secondary N) is 1. The molecule has 0 aromatic heterocycles. The highest BCUT2D eigenvalue weighted by Gasteiger charge is 2.18. The molecule has 7 nitrogen and oxygen atoms in total. The van der Waals surface area contributed by atoms with Gasteiger partial charge in [-0.05, 0) is 34.7 Å². The first kappa shape index (κ1) is 20.0. The third-order valence-electron chi connectivity index (χ3n) is 3.64. The van der Waals surface area contributed by atoms with Gasteiger partial charge in [-0.2, -0.15) is 0 Å². The fourth-order valence-electron chi connectivity index (χ4n) is 2.38. The van der Waals surface area contributed by atoms with Crippen LogP contribution in [-0.2, 0) is 0 Å². The first-order chi connectivity index (χ1) is 12.5.